The van der Waals surface area contributed by atoms with Gasteiger partial charge in [-0.25, -0.2) is 4.79 Å². The number of H-pyrrole nitrogens is 1. The van der Waals surface area contributed by atoms with Crippen LogP contribution in [0.1, 0.15) is 18.4 Å². The van der Waals surface area contributed by atoms with Gasteiger partial charge in [-0.2, -0.15) is 5.10 Å². The van der Waals surface area contributed by atoms with E-state index >= 15 is 0 Å². The van der Waals surface area contributed by atoms with E-state index < -0.39 is 0 Å². The average Bonchev–Trinajstić information content (AvgIpc) is 2.97. The zero-order valence-corrected chi connectivity index (χ0v) is 10.9. The van der Waals surface area contributed by atoms with Gasteiger partial charge in [-0.3, -0.25) is 5.10 Å². The lowest BCUT2D eigenvalue weighted by Gasteiger charge is -2.18. The summed E-state index contributed by atoms with van der Waals surface area (Å²) in [4.78, 5) is 11.9. The first-order valence-corrected chi connectivity index (χ1v) is 6.40. The fourth-order valence-corrected chi connectivity index (χ4v) is 2.29. The lowest BCUT2D eigenvalue weighted by molar-refractivity contribution is 0.247. The van der Waals surface area contributed by atoms with E-state index in [4.69, 9.17) is 11.6 Å². The summed E-state index contributed by atoms with van der Waals surface area (Å²) in [6, 6.07) is 7.36. The fraction of sp³-hybridized carbons (Fsp3) is 0.231. The number of amides is 2. The summed E-state index contributed by atoms with van der Waals surface area (Å²) < 4.78 is 0. The quantitative estimate of drug-likeness (QED) is 0.807. The third kappa shape index (κ3) is 2.56. The lowest BCUT2D eigenvalue weighted by atomic mass is 10.1. The molecule has 19 heavy (non-hydrogen) atoms. The highest BCUT2D eigenvalue weighted by Gasteiger charge is 2.45. The van der Waals surface area contributed by atoms with Crippen LogP contribution in [0.2, 0.25) is 5.02 Å². The maximum Gasteiger partial charge on any atom is 0.320 e. The minimum Gasteiger partial charge on any atom is -0.328 e. The molecule has 0 aliphatic heterocycles. The summed E-state index contributed by atoms with van der Waals surface area (Å²) in [5.41, 5.74) is 1.40. The molecule has 2 amide bonds. The number of nitrogens with one attached hydrogen (secondary N) is 3. The molecule has 0 spiro atoms. The van der Waals surface area contributed by atoms with Gasteiger partial charge in [0.1, 0.15) is 0 Å². The Morgan fingerprint density at radius 2 is 2.26 bits per heavy atom. The van der Waals surface area contributed by atoms with E-state index in [0.29, 0.717) is 10.7 Å². The number of carbonyl (C=O) groups excluding carboxylic acids is 1. The Labute approximate surface area is 115 Å². The van der Waals surface area contributed by atoms with Gasteiger partial charge in [-0.15, -0.1) is 0 Å². The van der Waals surface area contributed by atoms with E-state index in [0.717, 1.165) is 18.4 Å². The van der Waals surface area contributed by atoms with Crippen LogP contribution >= 0.6 is 11.6 Å². The maximum absolute atomic E-state index is 11.9. The molecule has 1 aromatic carbocycles. The van der Waals surface area contributed by atoms with Crippen molar-refractivity contribution in [2.45, 2.75) is 18.4 Å². The number of anilines is 1. The first-order valence-electron chi connectivity index (χ1n) is 6.02. The van der Waals surface area contributed by atoms with Gasteiger partial charge >= 0.3 is 6.03 Å². The topological polar surface area (TPSA) is 69.8 Å². The minimum atomic E-state index is -0.279. The SMILES string of the molecule is O=C(Nc1cn[nH]c1)NC1(c2cccc(Cl)c2)CC1. The van der Waals surface area contributed by atoms with Crippen LogP contribution in [0.4, 0.5) is 10.5 Å². The van der Waals surface area contributed by atoms with Gasteiger partial charge in [0.05, 0.1) is 17.4 Å². The molecule has 1 aromatic heterocycles. The monoisotopic (exact) mass is 276 g/mol. The zero-order chi connectivity index (χ0) is 13.3. The predicted molar refractivity (Wildman–Crippen MR) is 73.1 cm³/mol. The molecule has 5 nitrogen and oxygen atoms in total. The number of nitrogens with zero attached hydrogens (tertiary/aromatic N) is 1. The third-order valence-electron chi connectivity index (χ3n) is 3.24. The molecule has 0 radical (unpaired) electrons. The summed E-state index contributed by atoms with van der Waals surface area (Å²) in [7, 11) is 0. The van der Waals surface area contributed by atoms with Crippen molar-refractivity contribution in [2.24, 2.45) is 0 Å². The van der Waals surface area contributed by atoms with Gasteiger partial charge in [0, 0.05) is 11.2 Å². The van der Waals surface area contributed by atoms with Crippen molar-refractivity contribution in [2.75, 3.05) is 5.32 Å². The van der Waals surface area contributed by atoms with Crippen molar-refractivity contribution >= 4 is 23.3 Å². The summed E-state index contributed by atoms with van der Waals surface area (Å²) in [5, 5.41) is 12.8. The number of benzene rings is 1. The van der Waals surface area contributed by atoms with Gasteiger partial charge in [0.25, 0.3) is 0 Å². The fourth-order valence-electron chi connectivity index (χ4n) is 2.10. The molecular weight excluding hydrogens is 264 g/mol. The normalized spacial score (nSPS) is 15.8. The summed E-state index contributed by atoms with van der Waals surface area (Å²) in [6.45, 7) is 0. The number of aromatic nitrogens is 2. The highest BCUT2D eigenvalue weighted by atomic mass is 35.5. The van der Waals surface area contributed by atoms with E-state index in [2.05, 4.69) is 20.8 Å². The lowest BCUT2D eigenvalue weighted by Crippen LogP contribution is -2.37. The van der Waals surface area contributed by atoms with Crippen LogP contribution in [0.5, 0.6) is 0 Å². The number of carbonyl (C=O) groups is 1. The number of hydrogen-bond donors (Lipinski definition) is 3. The zero-order valence-electron chi connectivity index (χ0n) is 10.1. The standard InChI is InChI=1S/C13H13ClN4O/c14-10-3-1-2-9(6-10)13(4-5-13)18-12(19)17-11-7-15-16-8-11/h1-3,6-8H,4-5H2,(H,15,16)(H2,17,18,19). The number of halogens is 1. The molecule has 1 heterocycles. The first-order chi connectivity index (χ1) is 9.18. The number of aromatic amines is 1. The van der Waals surface area contributed by atoms with Crippen LogP contribution in [-0.4, -0.2) is 16.2 Å². The number of urea groups is 1. The van der Waals surface area contributed by atoms with E-state index in [-0.39, 0.29) is 11.6 Å². The second kappa shape index (κ2) is 4.59. The Balaban J connectivity index is 1.70. The molecule has 0 atom stereocenters. The van der Waals surface area contributed by atoms with Crippen LogP contribution in [0.3, 0.4) is 0 Å². The highest BCUT2D eigenvalue weighted by Crippen LogP contribution is 2.45. The molecule has 1 fully saturated rings. The van der Waals surface area contributed by atoms with Crippen molar-refractivity contribution < 1.29 is 4.79 Å². The largest absolute Gasteiger partial charge is 0.328 e. The molecule has 0 saturated heterocycles. The summed E-state index contributed by atoms with van der Waals surface area (Å²) >= 11 is 5.99. The Kier molecular flexibility index (Phi) is 2.91. The van der Waals surface area contributed by atoms with E-state index in [9.17, 15) is 4.79 Å². The molecule has 1 saturated carbocycles. The van der Waals surface area contributed by atoms with Crippen LogP contribution < -0.4 is 10.6 Å². The van der Waals surface area contributed by atoms with Gasteiger partial charge in [-0.1, -0.05) is 23.7 Å². The van der Waals surface area contributed by atoms with E-state index in [1.165, 1.54) is 0 Å². The maximum atomic E-state index is 11.9. The predicted octanol–water partition coefficient (Wildman–Crippen LogP) is 2.87. The van der Waals surface area contributed by atoms with Crippen molar-refractivity contribution in [3.05, 3.63) is 47.2 Å². The smallest absolute Gasteiger partial charge is 0.320 e. The molecular formula is C13H13ClN4O. The minimum absolute atomic E-state index is 0.237. The van der Waals surface area contributed by atoms with Crippen molar-refractivity contribution in [1.82, 2.24) is 15.5 Å². The molecule has 0 bridgehead atoms. The molecule has 6 heteroatoms. The second-order valence-electron chi connectivity index (χ2n) is 4.66. The summed E-state index contributed by atoms with van der Waals surface area (Å²) in [5.74, 6) is 0. The molecule has 3 rings (SSSR count). The van der Waals surface area contributed by atoms with Crippen molar-refractivity contribution in [3.8, 4) is 0 Å². The van der Waals surface area contributed by atoms with Gasteiger partial charge in [-0.05, 0) is 30.5 Å². The third-order valence-corrected chi connectivity index (χ3v) is 3.47. The Bertz CT molecular complexity index is 592. The number of hydrogen-bond acceptors (Lipinski definition) is 2. The second-order valence-corrected chi connectivity index (χ2v) is 5.09. The molecule has 2 aromatic rings. The highest BCUT2D eigenvalue weighted by molar-refractivity contribution is 6.30. The molecule has 1 aliphatic carbocycles. The van der Waals surface area contributed by atoms with Gasteiger partial charge in [0.2, 0.25) is 0 Å². The van der Waals surface area contributed by atoms with E-state index in [1.54, 1.807) is 12.4 Å². The Morgan fingerprint density at radius 1 is 1.42 bits per heavy atom. The van der Waals surface area contributed by atoms with Crippen LogP contribution in [0, 0.1) is 0 Å². The van der Waals surface area contributed by atoms with Gasteiger partial charge < -0.3 is 10.6 Å². The molecule has 1 aliphatic rings. The summed E-state index contributed by atoms with van der Waals surface area (Å²) in [6.07, 6.45) is 5.02. The van der Waals surface area contributed by atoms with Crippen molar-refractivity contribution in [3.63, 3.8) is 0 Å². The van der Waals surface area contributed by atoms with Crippen LogP contribution in [-0.2, 0) is 5.54 Å². The van der Waals surface area contributed by atoms with Gasteiger partial charge in [0.15, 0.2) is 0 Å². The average molecular weight is 277 g/mol. The molecule has 3 N–H and O–H groups in total. The Hall–Kier alpha value is -2.01. The molecule has 0 unspecified atom stereocenters. The van der Waals surface area contributed by atoms with E-state index in [1.807, 2.05) is 24.3 Å². The first kappa shape index (κ1) is 12.0. The Morgan fingerprint density at radius 3 is 2.89 bits per heavy atom. The molecule has 98 valence electrons. The van der Waals surface area contributed by atoms with Crippen LogP contribution in [0.15, 0.2) is 36.7 Å². The van der Waals surface area contributed by atoms with Crippen LogP contribution in [0.25, 0.3) is 0 Å². The number of rotatable bonds is 3. The van der Waals surface area contributed by atoms with Crippen molar-refractivity contribution in [1.29, 1.82) is 0 Å².